The first-order valence-corrected chi connectivity index (χ1v) is 8.74. The molecule has 0 aliphatic rings. The van der Waals surface area contributed by atoms with E-state index < -0.39 is 29.9 Å². The van der Waals surface area contributed by atoms with Crippen LogP contribution in [0.3, 0.4) is 0 Å². The molecule has 0 aromatic heterocycles. The van der Waals surface area contributed by atoms with E-state index in [4.69, 9.17) is 12.2 Å². The molecule has 9 nitrogen and oxygen atoms in total. The average Bonchev–Trinajstić information content (AvgIpc) is 2.63. The minimum Gasteiger partial charge on any atom is -0.469 e. The molecule has 5 amide bonds. The summed E-state index contributed by atoms with van der Waals surface area (Å²) in [4.78, 5) is 48.3. The summed E-state index contributed by atoms with van der Waals surface area (Å²) in [7, 11) is 2.52. The quantitative estimate of drug-likeness (QED) is 0.268. The molecule has 0 unspecified atom stereocenters. The van der Waals surface area contributed by atoms with Crippen molar-refractivity contribution in [3.8, 4) is 0 Å². The molecule has 2 N–H and O–H groups in total. The van der Waals surface area contributed by atoms with Gasteiger partial charge in [0.25, 0.3) is 5.91 Å². The molecule has 0 aliphatic carbocycles. The number of ether oxygens (including phenoxy) is 1. The fourth-order valence-corrected chi connectivity index (χ4v) is 2.28. The van der Waals surface area contributed by atoms with E-state index in [0.717, 1.165) is 0 Å². The summed E-state index contributed by atoms with van der Waals surface area (Å²) in [5.74, 6) is -1.89. The van der Waals surface area contributed by atoms with Gasteiger partial charge in [-0.15, -0.1) is 5.06 Å². The zero-order valence-corrected chi connectivity index (χ0v) is 16.4. The van der Waals surface area contributed by atoms with E-state index in [2.05, 4.69) is 10.1 Å². The van der Waals surface area contributed by atoms with E-state index >= 15 is 0 Å². The normalized spacial score (nSPS) is 11.5. The number of hydrogen-bond donors (Lipinski definition) is 2. The first kappa shape index (κ1) is 23.9. The summed E-state index contributed by atoms with van der Waals surface area (Å²) >= 11 is 4.82. The minimum atomic E-state index is -1.20. The van der Waals surface area contributed by atoms with Crippen molar-refractivity contribution in [1.29, 1.82) is 0 Å². The number of hydroxylamine groups is 2. The van der Waals surface area contributed by atoms with Gasteiger partial charge in [-0.3, -0.25) is 14.8 Å². The fraction of sp³-hybridized carbons (Fsp3) is 0.688. The van der Waals surface area contributed by atoms with Crippen LogP contribution in [0.4, 0.5) is 9.59 Å². The van der Waals surface area contributed by atoms with Crippen LogP contribution in [-0.4, -0.2) is 65.2 Å². The molecule has 0 spiro atoms. The monoisotopic (exact) mass is 389 g/mol. The number of rotatable bonds is 9. The van der Waals surface area contributed by atoms with E-state index in [1.54, 1.807) is 0 Å². The van der Waals surface area contributed by atoms with Crippen molar-refractivity contribution in [2.45, 2.75) is 39.5 Å². The lowest BCUT2D eigenvalue weighted by Crippen LogP contribution is -2.51. The van der Waals surface area contributed by atoms with Gasteiger partial charge >= 0.3 is 18.0 Å². The second-order valence-electron chi connectivity index (χ2n) is 6.03. The van der Waals surface area contributed by atoms with Gasteiger partial charge in [0.1, 0.15) is 0 Å². The van der Waals surface area contributed by atoms with Crippen molar-refractivity contribution in [3.63, 3.8) is 0 Å². The van der Waals surface area contributed by atoms with Gasteiger partial charge in [0, 0.05) is 20.0 Å². The Kier molecular flexibility index (Phi) is 11.3. The van der Waals surface area contributed by atoms with E-state index in [0.29, 0.717) is 23.7 Å². The smallest absolute Gasteiger partial charge is 0.359 e. The van der Waals surface area contributed by atoms with Crippen molar-refractivity contribution in [2.24, 2.45) is 11.8 Å². The van der Waals surface area contributed by atoms with Gasteiger partial charge in [-0.25, -0.2) is 14.5 Å². The molecule has 0 aromatic rings. The summed E-state index contributed by atoms with van der Waals surface area (Å²) in [6.45, 7) is 3.77. The number of esters is 1. The number of hydrogen-bond acceptors (Lipinski definition) is 7. The summed E-state index contributed by atoms with van der Waals surface area (Å²) in [5.41, 5.74) is 0. The Morgan fingerprint density at radius 2 is 1.85 bits per heavy atom. The molecular weight excluding hydrogens is 362 g/mol. The van der Waals surface area contributed by atoms with Crippen LogP contribution in [-0.2, 0) is 14.3 Å². The van der Waals surface area contributed by atoms with Crippen LogP contribution >= 0.6 is 12.2 Å². The van der Waals surface area contributed by atoms with E-state index in [1.807, 2.05) is 13.8 Å². The van der Waals surface area contributed by atoms with Crippen molar-refractivity contribution in [3.05, 3.63) is 0 Å². The molecular formula is C16H27N3O6S. The standard InChI is InChI=1S/C16H27N3O6S/c1-11(2)7-8-12(10-26)14(21)19(24)16(23)18(15(22)17-3)9-5-6-13(20)25-4/h10-12,24H,5-9H2,1-4H3,(H,17,22)/t12-/m1/s1. The molecule has 1 atom stereocenters. The van der Waals surface area contributed by atoms with Crippen LogP contribution in [0, 0.1) is 11.8 Å². The number of amides is 5. The van der Waals surface area contributed by atoms with Gasteiger partial charge in [-0.2, -0.15) is 0 Å². The van der Waals surface area contributed by atoms with Crippen LogP contribution in [0.1, 0.15) is 39.5 Å². The maximum Gasteiger partial charge on any atom is 0.359 e. The Labute approximate surface area is 158 Å². The van der Waals surface area contributed by atoms with Gasteiger partial charge in [-0.1, -0.05) is 26.1 Å². The summed E-state index contributed by atoms with van der Waals surface area (Å²) in [6, 6.07) is -2.02. The topological polar surface area (TPSA) is 116 Å². The number of thiocarbonyl (C=S) groups is 1. The van der Waals surface area contributed by atoms with Gasteiger partial charge < -0.3 is 10.1 Å². The first-order valence-electron chi connectivity index (χ1n) is 8.27. The van der Waals surface area contributed by atoms with Crippen LogP contribution in [0.25, 0.3) is 0 Å². The number of urea groups is 2. The van der Waals surface area contributed by atoms with Crippen molar-refractivity contribution in [2.75, 3.05) is 20.7 Å². The zero-order valence-electron chi connectivity index (χ0n) is 15.6. The summed E-state index contributed by atoms with van der Waals surface area (Å²) in [5, 5.41) is 13.3. The van der Waals surface area contributed by atoms with Gasteiger partial charge in [0.15, 0.2) is 0 Å². The molecule has 26 heavy (non-hydrogen) atoms. The van der Waals surface area contributed by atoms with Gasteiger partial charge in [0.05, 0.1) is 13.0 Å². The van der Waals surface area contributed by atoms with Crippen molar-refractivity contribution >= 4 is 41.5 Å². The molecule has 0 bridgehead atoms. The number of imide groups is 2. The molecule has 148 valence electrons. The molecule has 0 heterocycles. The SMILES string of the molecule is CNC(=O)N(CCCC(=O)OC)C(=O)N(O)C(=O)[C@@H](C=S)CCC(C)C. The third kappa shape index (κ3) is 7.87. The zero-order chi connectivity index (χ0) is 20.3. The third-order valence-electron chi connectivity index (χ3n) is 3.61. The Bertz CT molecular complexity index is 526. The van der Waals surface area contributed by atoms with E-state index in [-0.39, 0.29) is 24.4 Å². The van der Waals surface area contributed by atoms with Crippen LogP contribution in [0.5, 0.6) is 0 Å². The predicted octanol–water partition coefficient (Wildman–Crippen LogP) is 1.97. The average molecular weight is 389 g/mol. The second kappa shape index (κ2) is 12.3. The Morgan fingerprint density at radius 1 is 1.23 bits per heavy atom. The van der Waals surface area contributed by atoms with E-state index in [9.17, 15) is 24.4 Å². The van der Waals surface area contributed by atoms with Crippen LogP contribution < -0.4 is 5.32 Å². The third-order valence-corrected chi connectivity index (χ3v) is 3.94. The molecule has 0 saturated carbocycles. The Balaban J connectivity index is 5.05. The first-order chi connectivity index (χ1) is 12.2. The lowest BCUT2D eigenvalue weighted by atomic mass is 9.98. The lowest BCUT2D eigenvalue weighted by molar-refractivity contribution is -0.156. The molecule has 0 aliphatic heterocycles. The van der Waals surface area contributed by atoms with Gasteiger partial charge in [-0.05, 0) is 30.5 Å². The van der Waals surface area contributed by atoms with Crippen molar-refractivity contribution in [1.82, 2.24) is 15.3 Å². The number of nitrogens with zero attached hydrogens (tertiary/aromatic N) is 2. The number of carbonyl (C=O) groups excluding carboxylic acids is 4. The number of methoxy groups -OCH3 is 1. The van der Waals surface area contributed by atoms with Crippen molar-refractivity contribution < 1.29 is 29.1 Å². The van der Waals surface area contributed by atoms with Gasteiger partial charge in [0.2, 0.25) is 0 Å². The highest BCUT2D eigenvalue weighted by Gasteiger charge is 2.32. The lowest BCUT2D eigenvalue weighted by Gasteiger charge is -2.25. The summed E-state index contributed by atoms with van der Waals surface area (Å²) < 4.78 is 4.48. The fourth-order valence-electron chi connectivity index (χ4n) is 2.03. The second-order valence-corrected chi connectivity index (χ2v) is 6.31. The number of nitrogens with one attached hydrogen (secondary N) is 1. The molecule has 10 heteroatoms. The summed E-state index contributed by atoms with van der Waals surface area (Å²) in [6.07, 6.45) is 1.17. The molecule has 0 saturated heterocycles. The molecule has 0 aromatic carbocycles. The molecule has 0 rings (SSSR count). The molecule has 0 fully saturated rings. The minimum absolute atomic E-state index is 0.0202. The highest BCUT2D eigenvalue weighted by Crippen LogP contribution is 2.14. The van der Waals surface area contributed by atoms with Crippen LogP contribution in [0.15, 0.2) is 0 Å². The Hall–Kier alpha value is -2.07. The molecule has 0 radical (unpaired) electrons. The van der Waals surface area contributed by atoms with Crippen LogP contribution in [0.2, 0.25) is 0 Å². The largest absolute Gasteiger partial charge is 0.469 e. The predicted molar refractivity (Wildman–Crippen MR) is 97.7 cm³/mol. The highest BCUT2D eigenvalue weighted by atomic mass is 32.1. The Morgan fingerprint density at radius 3 is 2.31 bits per heavy atom. The highest BCUT2D eigenvalue weighted by molar-refractivity contribution is 7.79. The van der Waals surface area contributed by atoms with E-state index in [1.165, 1.54) is 19.5 Å². The maximum atomic E-state index is 12.3. The number of carbonyl (C=O) groups is 4. The maximum absolute atomic E-state index is 12.3.